The van der Waals surface area contributed by atoms with Crippen molar-refractivity contribution in [1.29, 1.82) is 0 Å². The van der Waals surface area contributed by atoms with Crippen LogP contribution in [0, 0.1) is 0 Å². The zero-order chi connectivity index (χ0) is 13.9. The number of hydrogen-bond acceptors (Lipinski definition) is 3. The topological polar surface area (TPSA) is 29.3 Å². The standard InChI is InChI=1S/C16H34N2S/c1-3-4-5-6-7-8-9-10-16(13-17)18-11-12-19-15(2)14-18/h15-16H,3-14,17H2,1-2H3. The highest BCUT2D eigenvalue weighted by atomic mass is 32.2. The Bertz CT molecular complexity index is 211. The van der Waals surface area contributed by atoms with Gasteiger partial charge in [-0.15, -0.1) is 0 Å². The molecule has 2 atom stereocenters. The molecule has 1 heterocycles. The van der Waals surface area contributed by atoms with Crippen molar-refractivity contribution in [1.82, 2.24) is 4.90 Å². The molecule has 2 nitrogen and oxygen atoms in total. The molecule has 0 aliphatic carbocycles. The molecule has 19 heavy (non-hydrogen) atoms. The van der Waals surface area contributed by atoms with Gasteiger partial charge in [0.1, 0.15) is 0 Å². The van der Waals surface area contributed by atoms with Crippen molar-refractivity contribution >= 4 is 11.8 Å². The summed E-state index contributed by atoms with van der Waals surface area (Å²) in [7, 11) is 0. The second kappa shape index (κ2) is 11.0. The maximum atomic E-state index is 5.98. The number of hydrogen-bond donors (Lipinski definition) is 1. The van der Waals surface area contributed by atoms with Gasteiger partial charge in [-0.3, -0.25) is 4.90 Å². The van der Waals surface area contributed by atoms with Crippen molar-refractivity contribution in [3.63, 3.8) is 0 Å². The molecule has 0 bridgehead atoms. The molecule has 1 rings (SSSR count). The van der Waals surface area contributed by atoms with Gasteiger partial charge in [0.25, 0.3) is 0 Å². The van der Waals surface area contributed by atoms with Gasteiger partial charge >= 0.3 is 0 Å². The van der Waals surface area contributed by atoms with Crippen LogP contribution in [0.5, 0.6) is 0 Å². The molecule has 3 heteroatoms. The van der Waals surface area contributed by atoms with Crippen molar-refractivity contribution in [2.24, 2.45) is 5.73 Å². The molecular formula is C16H34N2S. The number of rotatable bonds is 10. The van der Waals surface area contributed by atoms with E-state index >= 15 is 0 Å². The zero-order valence-electron chi connectivity index (χ0n) is 13.1. The average molecular weight is 287 g/mol. The van der Waals surface area contributed by atoms with Crippen LogP contribution in [0.4, 0.5) is 0 Å². The molecule has 1 saturated heterocycles. The third-order valence-electron chi connectivity index (χ3n) is 4.20. The lowest BCUT2D eigenvalue weighted by Gasteiger charge is -2.36. The molecule has 0 aromatic carbocycles. The molecule has 0 amide bonds. The minimum atomic E-state index is 0.638. The summed E-state index contributed by atoms with van der Waals surface area (Å²) in [6.45, 7) is 7.95. The van der Waals surface area contributed by atoms with Crippen molar-refractivity contribution in [3.8, 4) is 0 Å². The van der Waals surface area contributed by atoms with Crippen molar-refractivity contribution in [3.05, 3.63) is 0 Å². The summed E-state index contributed by atoms with van der Waals surface area (Å²) in [6.07, 6.45) is 11.1. The van der Waals surface area contributed by atoms with Gasteiger partial charge in [-0.25, -0.2) is 0 Å². The van der Waals surface area contributed by atoms with E-state index in [1.807, 2.05) is 0 Å². The van der Waals surface area contributed by atoms with E-state index in [4.69, 9.17) is 5.73 Å². The summed E-state index contributed by atoms with van der Waals surface area (Å²) in [5.74, 6) is 1.29. The van der Waals surface area contributed by atoms with Crippen molar-refractivity contribution in [2.45, 2.75) is 76.5 Å². The molecule has 0 spiro atoms. The first-order valence-corrected chi connectivity index (χ1v) is 9.38. The molecule has 1 aliphatic rings. The largest absolute Gasteiger partial charge is 0.329 e. The fourth-order valence-corrected chi connectivity index (χ4v) is 4.00. The minimum Gasteiger partial charge on any atom is -0.329 e. The van der Waals surface area contributed by atoms with E-state index in [0.29, 0.717) is 6.04 Å². The van der Waals surface area contributed by atoms with Gasteiger partial charge in [0.05, 0.1) is 0 Å². The van der Waals surface area contributed by atoms with Gasteiger partial charge in [0.15, 0.2) is 0 Å². The van der Waals surface area contributed by atoms with E-state index < -0.39 is 0 Å². The first-order chi connectivity index (χ1) is 9.27. The van der Waals surface area contributed by atoms with Gasteiger partial charge < -0.3 is 5.73 Å². The summed E-state index contributed by atoms with van der Waals surface area (Å²) in [4.78, 5) is 2.64. The van der Waals surface area contributed by atoms with E-state index in [9.17, 15) is 0 Å². The molecule has 0 aromatic rings. The SMILES string of the molecule is CCCCCCCCCC(CN)N1CCSC(C)C1. The summed E-state index contributed by atoms with van der Waals surface area (Å²) < 4.78 is 0. The number of nitrogens with two attached hydrogens (primary N) is 1. The van der Waals surface area contributed by atoms with Crippen LogP contribution < -0.4 is 5.73 Å². The normalized spacial score (nSPS) is 22.6. The van der Waals surface area contributed by atoms with Crippen LogP contribution >= 0.6 is 11.8 Å². The molecule has 1 fully saturated rings. The number of nitrogens with zero attached hydrogens (tertiary/aromatic N) is 1. The maximum Gasteiger partial charge on any atom is 0.0219 e. The Morgan fingerprint density at radius 3 is 2.47 bits per heavy atom. The Kier molecular flexibility index (Phi) is 10.0. The minimum absolute atomic E-state index is 0.638. The Morgan fingerprint density at radius 2 is 1.84 bits per heavy atom. The molecule has 0 saturated carbocycles. The Labute approximate surface area is 124 Å². The van der Waals surface area contributed by atoms with Gasteiger partial charge in [-0.2, -0.15) is 11.8 Å². The highest BCUT2D eigenvalue weighted by Crippen LogP contribution is 2.21. The number of unbranched alkanes of at least 4 members (excludes halogenated alkanes) is 6. The summed E-state index contributed by atoms with van der Waals surface area (Å²) in [6, 6.07) is 0.638. The average Bonchev–Trinajstić information content (AvgIpc) is 2.42. The van der Waals surface area contributed by atoms with E-state index in [1.165, 1.54) is 70.2 Å². The molecule has 114 valence electrons. The lowest BCUT2D eigenvalue weighted by molar-refractivity contribution is 0.196. The molecule has 1 aliphatic heterocycles. The molecule has 2 unspecified atom stereocenters. The quantitative estimate of drug-likeness (QED) is 0.618. The fourth-order valence-electron chi connectivity index (χ4n) is 2.96. The van der Waals surface area contributed by atoms with Crippen LogP contribution in [0.2, 0.25) is 0 Å². The van der Waals surface area contributed by atoms with Gasteiger partial charge in [0, 0.05) is 36.7 Å². The second-order valence-electron chi connectivity index (χ2n) is 5.98. The monoisotopic (exact) mass is 286 g/mol. The summed E-state index contributed by atoms with van der Waals surface area (Å²) >= 11 is 2.11. The van der Waals surface area contributed by atoms with Crippen molar-refractivity contribution in [2.75, 3.05) is 25.4 Å². The third-order valence-corrected chi connectivity index (χ3v) is 5.34. The van der Waals surface area contributed by atoms with E-state index in [-0.39, 0.29) is 0 Å². The summed E-state index contributed by atoms with van der Waals surface area (Å²) in [5.41, 5.74) is 5.98. The second-order valence-corrected chi connectivity index (χ2v) is 7.52. The van der Waals surface area contributed by atoms with Crippen molar-refractivity contribution < 1.29 is 0 Å². The predicted molar refractivity (Wildman–Crippen MR) is 88.9 cm³/mol. The number of thioether (sulfide) groups is 1. The van der Waals surface area contributed by atoms with E-state index in [0.717, 1.165) is 11.8 Å². The van der Waals surface area contributed by atoms with E-state index in [2.05, 4.69) is 30.5 Å². The maximum absolute atomic E-state index is 5.98. The highest BCUT2D eigenvalue weighted by Gasteiger charge is 2.22. The molecule has 0 aromatic heterocycles. The van der Waals surface area contributed by atoms with Crippen LogP contribution in [-0.4, -0.2) is 41.6 Å². The Morgan fingerprint density at radius 1 is 1.16 bits per heavy atom. The van der Waals surface area contributed by atoms with Crippen LogP contribution in [0.25, 0.3) is 0 Å². The van der Waals surface area contributed by atoms with Crippen LogP contribution in [0.3, 0.4) is 0 Å². The zero-order valence-corrected chi connectivity index (χ0v) is 13.9. The summed E-state index contributed by atoms with van der Waals surface area (Å²) in [5, 5.41) is 0.789. The van der Waals surface area contributed by atoms with Gasteiger partial charge in [-0.05, 0) is 6.42 Å². The van der Waals surface area contributed by atoms with Gasteiger partial charge in [-0.1, -0.05) is 58.8 Å². The Balaban J connectivity index is 2.07. The van der Waals surface area contributed by atoms with Crippen LogP contribution in [-0.2, 0) is 0 Å². The Hall–Kier alpha value is 0.270. The third kappa shape index (κ3) is 7.57. The smallest absolute Gasteiger partial charge is 0.0219 e. The van der Waals surface area contributed by atoms with Crippen LogP contribution in [0.15, 0.2) is 0 Å². The van der Waals surface area contributed by atoms with Gasteiger partial charge in [0.2, 0.25) is 0 Å². The highest BCUT2D eigenvalue weighted by molar-refractivity contribution is 7.99. The first kappa shape index (κ1) is 17.3. The molecule has 2 N–H and O–H groups in total. The molecular weight excluding hydrogens is 252 g/mol. The fraction of sp³-hybridized carbons (Fsp3) is 1.00. The van der Waals surface area contributed by atoms with E-state index in [1.54, 1.807) is 0 Å². The lowest BCUT2D eigenvalue weighted by atomic mass is 10.0. The predicted octanol–water partition coefficient (Wildman–Crippen LogP) is 3.89. The van der Waals surface area contributed by atoms with Crippen LogP contribution in [0.1, 0.15) is 65.2 Å². The first-order valence-electron chi connectivity index (χ1n) is 8.33. The molecule has 0 radical (unpaired) electrons. The lowest BCUT2D eigenvalue weighted by Crippen LogP contribution is -2.47.